The highest BCUT2D eigenvalue weighted by Gasteiger charge is 2.42. The first kappa shape index (κ1) is 18.4. The lowest BCUT2D eigenvalue weighted by Crippen LogP contribution is -2.39. The Kier molecular flexibility index (Phi) is 4.53. The molecule has 1 amide bonds. The fraction of sp³-hybridized carbons (Fsp3) is 0.348. The van der Waals surface area contributed by atoms with E-state index in [1.165, 1.54) is 0 Å². The Morgan fingerprint density at radius 1 is 1.21 bits per heavy atom. The minimum Gasteiger partial charge on any atom is -0.357 e. The van der Waals surface area contributed by atoms with Gasteiger partial charge in [0.2, 0.25) is 5.91 Å². The Balaban J connectivity index is 2.01. The first-order chi connectivity index (χ1) is 13.4. The number of allylic oxidation sites excluding steroid dienone is 1. The molecule has 1 aliphatic heterocycles. The van der Waals surface area contributed by atoms with Gasteiger partial charge in [-0.25, -0.2) is 0 Å². The first-order valence-electron chi connectivity index (χ1n) is 9.75. The summed E-state index contributed by atoms with van der Waals surface area (Å²) in [5, 5.41) is 3.50. The summed E-state index contributed by atoms with van der Waals surface area (Å²) in [6.45, 7) is 6.08. The molecular formula is C23H25N3O2. The van der Waals surface area contributed by atoms with E-state index >= 15 is 0 Å². The van der Waals surface area contributed by atoms with Crippen molar-refractivity contribution in [2.75, 3.05) is 10.2 Å². The van der Waals surface area contributed by atoms with Gasteiger partial charge in [-0.3, -0.25) is 19.5 Å². The summed E-state index contributed by atoms with van der Waals surface area (Å²) in [4.78, 5) is 32.5. The molecule has 1 aromatic heterocycles. The van der Waals surface area contributed by atoms with E-state index in [0.717, 1.165) is 29.1 Å². The Labute approximate surface area is 165 Å². The second-order valence-electron chi connectivity index (χ2n) is 8.28. The standard InChI is InChI=1S/C23H25N3O2/c1-4-20(28)26-18-10-6-5-9-16(18)25-17-12-23(2,3)13-19(27)21(17)22(26)15-8-7-11-24-14-15/h5-11,14,22,25H,4,12-13H2,1-3H3/t22-/m1/s1. The Morgan fingerprint density at radius 2 is 2.00 bits per heavy atom. The Bertz CT molecular complexity index is 963. The maximum atomic E-state index is 13.3. The molecule has 0 saturated heterocycles. The number of nitrogens with zero attached hydrogens (tertiary/aromatic N) is 2. The van der Waals surface area contributed by atoms with Gasteiger partial charge >= 0.3 is 0 Å². The third-order valence-electron chi connectivity index (χ3n) is 5.47. The summed E-state index contributed by atoms with van der Waals surface area (Å²) in [5.41, 5.74) is 3.97. The third-order valence-corrected chi connectivity index (χ3v) is 5.47. The average molecular weight is 375 g/mol. The molecule has 0 spiro atoms. The zero-order valence-electron chi connectivity index (χ0n) is 16.5. The Morgan fingerprint density at radius 3 is 2.71 bits per heavy atom. The summed E-state index contributed by atoms with van der Waals surface area (Å²) in [6.07, 6.45) is 5.04. The molecule has 0 saturated carbocycles. The third kappa shape index (κ3) is 3.11. The quantitative estimate of drug-likeness (QED) is 0.831. The molecule has 2 aromatic rings. The molecule has 0 bridgehead atoms. The number of carbonyl (C=O) groups is 2. The van der Waals surface area contributed by atoms with Crippen LogP contribution in [0, 0.1) is 5.41 Å². The van der Waals surface area contributed by atoms with E-state index < -0.39 is 6.04 Å². The number of amides is 1. The van der Waals surface area contributed by atoms with Gasteiger partial charge in [-0.2, -0.15) is 0 Å². The fourth-order valence-corrected chi connectivity index (χ4v) is 4.29. The number of nitrogens with one attached hydrogen (secondary N) is 1. The number of ketones is 1. The fourth-order valence-electron chi connectivity index (χ4n) is 4.29. The molecule has 4 rings (SSSR count). The molecular weight excluding hydrogens is 350 g/mol. The van der Waals surface area contributed by atoms with Crippen LogP contribution in [0.3, 0.4) is 0 Å². The molecule has 5 nitrogen and oxygen atoms in total. The molecule has 0 fully saturated rings. The summed E-state index contributed by atoms with van der Waals surface area (Å²) >= 11 is 0. The van der Waals surface area contributed by atoms with Gasteiger partial charge in [-0.05, 0) is 35.6 Å². The largest absolute Gasteiger partial charge is 0.357 e. The zero-order chi connectivity index (χ0) is 19.9. The summed E-state index contributed by atoms with van der Waals surface area (Å²) in [6, 6.07) is 11.1. The minimum atomic E-state index is -0.476. The Hall–Kier alpha value is -2.95. The van der Waals surface area contributed by atoms with Crippen molar-refractivity contribution >= 4 is 23.1 Å². The van der Waals surface area contributed by atoms with Gasteiger partial charge in [0.15, 0.2) is 5.78 Å². The van der Waals surface area contributed by atoms with E-state index in [9.17, 15) is 9.59 Å². The molecule has 1 atom stereocenters. The summed E-state index contributed by atoms with van der Waals surface area (Å²) in [7, 11) is 0. The average Bonchev–Trinajstić information content (AvgIpc) is 2.81. The van der Waals surface area contributed by atoms with Crippen molar-refractivity contribution in [2.24, 2.45) is 5.41 Å². The van der Waals surface area contributed by atoms with Crippen LogP contribution in [0.4, 0.5) is 11.4 Å². The van der Waals surface area contributed by atoms with Crippen LogP contribution in [0.2, 0.25) is 0 Å². The summed E-state index contributed by atoms with van der Waals surface area (Å²) in [5.74, 6) is 0.0730. The lowest BCUT2D eigenvalue weighted by molar-refractivity contribution is -0.119. The predicted octanol–water partition coefficient (Wildman–Crippen LogP) is 4.63. The van der Waals surface area contributed by atoms with Crippen LogP contribution in [0.15, 0.2) is 60.1 Å². The van der Waals surface area contributed by atoms with Gasteiger partial charge in [-0.1, -0.05) is 39.0 Å². The van der Waals surface area contributed by atoms with Gasteiger partial charge in [0, 0.05) is 36.5 Å². The molecule has 0 radical (unpaired) electrons. The van der Waals surface area contributed by atoms with Crippen molar-refractivity contribution in [3.05, 3.63) is 65.6 Å². The molecule has 144 valence electrons. The number of aromatic nitrogens is 1. The van der Waals surface area contributed by atoms with Crippen LogP contribution >= 0.6 is 0 Å². The number of Topliss-reactive ketones (excluding diaryl/α,β-unsaturated/α-hetero) is 1. The van der Waals surface area contributed by atoms with E-state index in [-0.39, 0.29) is 17.1 Å². The highest BCUT2D eigenvalue weighted by atomic mass is 16.2. The number of fused-ring (bicyclic) bond motifs is 1. The van der Waals surface area contributed by atoms with Crippen molar-refractivity contribution in [3.63, 3.8) is 0 Å². The maximum absolute atomic E-state index is 13.3. The van der Waals surface area contributed by atoms with E-state index in [4.69, 9.17) is 0 Å². The van der Waals surface area contributed by atoms with Crippen LogP contribution in [0.5, 0.6) is 0 Å². The van der Waals surface area contributed by atoms with Crippen LogP contribution in [-0.2, 0) is 9.59 Å². The van der Waals surface area contributed by atoms with Gasteiger partial charge in [0.05, 0.1) is 17.4 Å². The van der Waals surface area contributed by atoms with Crippen LogP contribution < -0.4 is 10.2 Å². The second-order valence-corrected chi connectivity index (χ2v) is 8.28. The molecule has 1 N–H and O–H groups in total. The number of rotatable bonds is 2. The number of para-hydroxylation sites is 2. The first-order valence-corrected chi connectivity index (χ1v) is 9.75. The number of hydrogen-bond donors (Lipinski definition) is 1. The number of pyridine rings is 1. The van der Waals surface area contributed by atoms with Crippen LogP contribution in [0.25, 0.3) is 0 Å². The monoisotopic (exact) mass is 375 g/mol. The van der Waals surface area contributed by atoms with E-state index in [2.05, 4.69) is 24.1 Å². The molecule has 5 heteroatoms. The van der Waals surface area contributed by atoms with Crippen molar-refractivity contribution in [1.29, 1.82) is 0 Å². The van der Waals surface area contributed by atoms with Crippen molar-refractivity contribution < 1.29 is 9.59 Å². The van der Waals surface area contributed by atoms with Gasteiger partial charge in [0.1, 0.15) is 0 Å². The summed E-state index contributed by atoms with van der Waals surface area (Å²) < 4.78 is 0. The highest BCUT2D eigenvalue weighted by Crippen LogP contribution is 2.48. The number of hydrogen-bond acceptors (Lipinski definition) is 4. The van der Waals surface area contributed by atoms with Crippen molar-refractivity contribution in [1.82, 2.24) is 4.98 Å². The molecule has 28 heavy (non-hydrogen) atoms. The van der Waals surface area contributed by atoms with Gasteiger partial charge in [0.25, 0.3) is 0 Å². The van der Waals surface area contributed by atoms with Gasteiger partial charge in [-0.15, -0.1) is 0 Å². The predicted molar refractivity (Wildman–Crippen MR) is 110 cm³/mol. The highest BCUT2D eigenvalue weighted by molar-refractivity contribution is 6.06. The SMILES string of the molecule is CCC(=O)N1c2ccccc2NC2=C(C(=O)CC(C)(C)C2)[C@H]1c1cccnc1. The molecule has 1 aromatic carbocycles. The molecule has 1 aliphatic carbocycles. The smallest absolute Gasteiger partial charge is 0.227 e. The topological polar surface area (TPSA) is 62.3 Å². The van der Waals surface area contributed by atoms with E-state index in [1.807, 2.05) is 43.3 Å². The van der Waals surface area contributed by atoms with E-state index in [1.54, 1.807) is 17.3 Å². The van der Waals surface area contributed by atoms with Gasteiger partial charge < -0.3 is 5.32 Å². The number of anilines is 2. The van der Waals surface area contributed by atoms with Crippen molar-refractivity contribution in [3.8, 4) is 0 Å². The van der Waals surface area contributed by atoms with Crippen molar-refractivity contribution in [2.45, 2.75) is 46.1 Å². The maximum Gasteiger partial charge on any atom is 0.227 e. The number of carbonyl (C=O) groups excluding carboxylic acids is 2. The molecule has 2 aliphatic rings. The van der Waals surface area contributed by atoms with Crippen LogP contribution in [0.1, 0.15) is 51.6 Å². The second kappa shape index (κ2) is 6.89. The molecule has 2 heterocycles. The normalized spacial score (nSPS) is 20.8. The minimum absolute atomic E-state index is 0.0190. The molecule has 0 unspecified atom stereocenters. The lowest BCUT2D eigenvalue weighted by atomic mass is 9.73. The number of benzene rings is 1. The van der Waals surface area contributed by atoms with Crippen LogP contribution in [-0.4, -0.2) is 16.7 Å². The lowest BCUT2D eigenvalue weighted by Gasteiger charge is -2.37. The van der Waals surface area contributed by atoms with E-state index in [0.29, 0.717) is 18.4 Å². The zero-order valence-corrected chi connectivity index (χ0v) is 16.5.